The van der Waals surface area contributed by atoms with Gasteiger partial charge in [0.1, 0.15) is 12.2 Å². The Morgan fingerprint density at radius 3 is 3.08 bits per heavy atom. The summed E-state index contributed by atoms with van der Waals surface area (Å²) in [5, 5.41) is 9.01. The van der Waals surface area contributed by atoms with E-state index in [9.17, 15) is 4.79 Å². The summed E-state index contributed by atoms with van der Waals surface area (Å²) < 4.78 is 2.07. The van der Waals surface area contributed by atoms with Gasteiger partial charge in [0.2, 0.25) is 5.91 Å². The topological polar surface area (TPSA) is 51.0 Å². The minimum absolute atomic E-state index is 0.210. The van der Waals surface area contributed by atoms with Crippen molar-refractivity contribution < 1.29 is 4.79 Å². The average molecular weight is 347 g/mol. The van der Waals surface area contributed by atoms with Crippen LogP contribution in [-0.2, 0) is 17.8 Å². The van der Waals surface area contributed by atoms with E-state index in [-0.39, 0.29) is 11.8 Å². The van der Waals surface area contributed by atoms with E-state index in [2.05, 4.69) is 21.7 Å². The van der Waals surface area contributed by atoms with Crippen LogP contribution in [0, 0.1) is 0 Å². The van der Waals surface area contributed by atoms with Gasteiger partial charge in [-0.15, -0.1) is 10.2 Å². The summed E-state index contributed by atoms with van der Waals surface area (Å²) >= 11 is 6.00. The highest BCUT2D eigenvalue weighted by molar-refractivity contribution is 6.30. The molecule has 1 aliphatic heterocycles. The van der Waals surface area contributed by atoms with Crippen LogP contribution in [-0.4, -0.2) is 38.7 Å². The number of halogens is 1. The van der Waals surface area contributed by atoms with Crippen molar-refractivity contribution in [3.63, 3.8) is 0 Å². The zero-order valence-corrected chi connectivity index (χ0v) is 14.7. The van der Waals surface area contributed by atoms with E-state index in [1.54, 1.807) is 6.33 Å². The number of aromatic nitrogens is 3. The lowest BCUT2D eigenvalue weighted by molar-refractivity contribution is -0.132. The van der Waals surface area contributed by atoms with E-state index >= 15 is 0 Å². The maximum atomic E-state index is 12.6. The van der Waals surface area contributed by atoms with Crippen LogP contribution in [0.15, 0.2) is 30.6 Å². The molecule has 0 unspecified atom stereocenters. The van der Waals surface area contributed by atoms with Gasteiger partial charge in [0.05, 0.1) is 0 Å². The van der Waals surface area contributed by atoms with Gasteiger partial charge in [-0.2, -0.15) is 0 Å². The zero-order chi connectivity index (χ0) is 16.9. The number of hydrogen-bond acceptors (Lipinski definition) is 3. The number of hydrogen-bond donors (Lipinski definition) is 0. The summed E-state index contributed by atoms with van der Waals surface area (Å²) in [6.07, 6.45) is 5.11. The van der Waals surface area contributed by atoms with Crippen LogP contribution < -0.4 is 0 Å². The standard InChI is InChI=1S/C18H23ClN4O/c1-2-22-13-20-21-18(22)15-6-4-10-23(12-15)17(24)9-8-14-5-3-7-16(19)11-14/h3,5,7,11,13,15H,2,4,6,8-10,12H2,1H3/t15-/m1/s1. The fourth-order valence-corrected chi connectivity index (χ4v) is 3.55. The number of rotatable bonds is 5. The van der Waals surface area contributed by atoms with Crippen molar-refractivity contribution in [2.45, 2.75) is 45.1 Å². The molecule has 3 rings (SSSR count). The molecule has 2 heterocycles. The third kappa shape index (κ3) is 3.96. The molecule has 1 aliphatic rings. The van der Waals surface area contributed by atoms with Crippen molar-refractivity contribution in [3.8, 4) is 0 Å². The minimum Gasteiger partial charge on any atom is -0.342 e. The van der Waals surface area contributed by atoms with Crippen LogP contribution in [0.4, 0.5) is 0 Å². The van der Waals surface area contributed by atoms with Crippen molar-refractivity contribution in [2.24, 2.45) is 0 Å². The smallest absolute Gasteiger partial charge is 0.222 e. The quantitative estimate of drug-likeness (QED) is 0.834. The molecule has 2 aromatic rings. The minimum atomic E-state index is 0.210. The number of aryl methyl sites for hydroxylation is 2. The van der Waals surface area contributed by atoms with Gasteiger partial charge >= 0.3 is 0 Å². The Bertz CT molecular complexity index is 700. The Hall–Kier alpha value is -1.88. The Morgan fingerprint density at radius 2 is 2.29 bits per heavy atom. The van der Waals surface area contributed by atoms with Crippen molar-refractivity contribution in [2.75, 3.05) is 13.1 Å². The van der Waals surface area contributed by atoms with Crippen LogP contribution in [0.2, 0.25) is 5.02 Å². The molecule has 0 saturated carbocycles. The summed E-state index contributed by atoms with van der Waals surface area (Å²) in [7, 11) is 0. The van der Waals surface area contributed by atoms with Crippen LogP contribution >= 0.6 is 11.6 Å². The van der Waals surface area contributed by atoms with Gasteiger partial charge in [-0.3, -0.25) is 4.79 Å². The number of nitrogens with zero attached hydrogens (tertiary/aromatic N) is 4. The molecule has 1 aromatic carbocycles. The van der Waals surface area contributed by atoms with E-state index in [1.165, 1.54) is 0 Å². The first kappa shape index (κ1) is 17.0. The van der Waals surface area contributed by atoms with E-state index in [0.29, 0.717) is 6.42 Å². The predicted octanol–water partition coefficient (Wildman–Crippen LogP) is 3.29. The van der Waals surface area contributed by atoms with Gasteiger partial charge in [0.15, 0.2) is 0 Å². The summed E-state index contributed by atoms with van der Waals surface area (Å²) in [5.74, 6) is 1.50. The molecule has 0 spiro atoms. The van der Waals surface area contributed by atoms with Gasteiger partial charge in [-0.25, -0.2) is 0 Å². The second-order valence-electron chi connectivity index (χ2n) is 6.28. The summed E-state index contributed by atoms with van der Waals surface area (Å²) in [5.41, 5.74) is 1.11. The van der Waals surface area contributed by atoms with E-state index in [1.807, 2.05) is 29.2 Å². The Balaban J connectivity index is 1.59. The molecule has 0 bridgehead atoms. The van der Waals surface area contributed by atoms with Crippen molar-refractivity contribution in [3.05, 3.63) is 47.0 Å². The van der Waals surface area contributed by atoms with Crippen molar-refractivity contribution in [1.82, 2.24) is 19.7 Å². The molecule has 24 heavy (non-hydrogen) atoms. The normalized spacial score (nSPS) is 17.9. The van der Waals surface area contributed by atoms with Gasteiger partial charge in [0.25, 0.3) is 0 Å². The van der Waals surface area contributed by atoms with E-state index in [4.69, 9.17) is 11.6 Å². The zero-order valence-electron chi connectivity index (χ0n) is 14.0. The maximum absolute atomic E-state index is 12.6. The predicted molar refractivity (Wildman–Crippen MR) is 94.0 cm³/mol. The molecule has 1 fully saturated rings. The third-order valence-corrected chi connectivity index (χ3v) is 4.88. The lowest BCUT2D eigenvalue weighted by Gasteiger charge is -2.32. The molecule has 5 nitrogen and oxygen atoms in total. The molecule has 1 atom stereocenters. The first-order valence-electron chi connectivity index (χ1n) is 8.57. The molecule has 1 aromatic heterocycles. The second-order valence-corrected chi connectivity index (χ2v) is 6.72. The lowest BCUT2D eigenvalue weighted by Crippen LogP contribution is -2.39. The second kappa shape index (κ2) is 7.79. The molecular formula is C18H23ClN4O. The maximum Gasteiger partial charge on any atom is 0.222 e. The fourth-order valence-electron chi connectivity index (χ4n) is 3.34. The molecule has 0 aliphatic carbocycles. The van der Waals surface area contributed by atoms with Crippen molar-refractivity contribution in [1.29, 1.82) is 0 Å². The van der Waals surface area contributed by atoms with Crippen LogP contribution in [0.5, 0.6) is 0 Å². The number of benzene rings is 1. The van der Waals surface area contributed by atoms with Crippen LogP contribution in [0.25, 0.3) is 0 Å². The van der Waals surface area contributed by atoms with Gasteiger partial charge < -0.3 is 9.47 Å². The van der Waals surface area contributed by atoms with Crippen molar-refractivity contribution >= 4 is 17.5 Å². The molecular weight excluding hydrogens is 324 g/mol. The SMILES string of the molecule is CCn1cnnc1[C@@H]1CCCN(C(=O)CCc2cccc(Cl)c2)C1. The Morgan fingerprint density at radius 1 is 1.42 bits per heavy atom. The molecule has 0 N–H and O–H groups in total. The molecule has 1 amide bonds. The summed E-state index contributed by atoms with van der Waals surface area (Å²) in [6, 6.07) is 7.72. The van der Waals surface area contributed by atoms with Gasteiger partial charge in [-0.1, -0.05) is 23.7 Å². The fraction of sp³-hybridized carbons (Fsp3) is 0.500. The summed E-state index contributed by atoms with van der Waals surface area (Å²) in [4.78, 5) is 14.6. The summed E-state index contributed by atoms with van der Waals surface area (Å²) in [6.45, 7) is 4.53. The number of carbonyl (C=O) groups is 1. The molecule has 6 heteroatoms. The highest BCUT2D eigenvalue weighted by atomic mass is 35.5. The van der Waals surface area contributed by atoms with Gasteiger partial charge in [0, 0.05) is 37.0 Å². The Kier molecular flexibility index (Phi) is 5.51. The first-order valence-corrected chi connectivity index (χ1v) is 8.95. The van der Waals surface area contributed by atoms with Crippen LogP contribution in [0.3, 0.4) is 0 Å². The average Bonchev–Trinajstić information content (AvgIpc) is 3.08. The van der Waals surface area contributed by atoms with E-state index < -0.39 is 0 Å². The molecule has 1 saturated heterocycles. The number of likely N-dealkylation sites (tertiary alicyclic amines) is 1. The lowest BCUT2D eigenvalue weighted by atomic mass is 9.96. The number of amides is 1. The van der Waals surface area contributed by atoms with E-state index in [0.717, 1.165) is 55.3 Å². The van der Waals surface area contributed by atoms with Gasteiger partial charge in [-0.05, 0) is 43.9 Å². The monoisotopic (exact) mass is 346 g/mol. The van der Waals surface area contributed by atoms with Crippen LogP contribution in [0.1, 0.15) is 43.5 Å². The highest BCUT2D eigenvalue weighted by Crippen LogP contribution is 2.26. The number of carbonyl (C=O) groups excluding carboxylic acids is 1. The Labute approximate surface area is 147 Å². The molecule has 0 radical (unpaired) electrons. The highest BCUT2D eigenvalue weighted by Gasteiger charge is 2.27. The number of piperidine rings is 1. The first-order chi connectivity index (χ1) is 11.7. The largest absolute Gasteiger partial charge is 0.342 e. The third-order valence-electron chi connectivity index (χ3n) is 4.64. The molecule has 128 valence electrons.